The number of methoxy groups -OCH3 is 1. The van der Waals surface area contributed by atoms with Crippen LogP contribution in [0.5, 0.6) is 11.5 Å². The van der Waals surface area contributed by atoms with Gasteiger partial charge < -0.3 is 14.2 Å². The number of fused-ring (bicyclic) bond motifs is 1. The molecule has 0 saturated heterocycles. The van der Waals surface area contributed by atoms with Gasteiger partial charge in [-0.1, -0.05) is 59.3 Å². The number of halogens is 2. The molecular formula is C31H26BrClN2O5S. The molecule has 0 spiro atoms. The molecule has 0 saturated carbocycles. The number of allylic oxidation sites excluding steroid dienone is 1. The molecule has 10 heteroatoms. The fraction of sp³-hybridized carbons (Fsp3) is 0.194. The standard InChI is InChI=1S/C31H26BrClN2O5S/c1-4-39-30(37)27-18(2)34-31-35(28(27)20-10-12-22(38-3)13-11-20)29(36)26(41-31)16-19-9-14-25(23(32)15-19)40-17-21-7-5-6-8-24(21)33/h5-16,28H,4,17H2,1-3H3/b26-16-/t28-/m1/s1. The lowest BCUT2D eigenvalue weighted by Crippen LogP contribution is -2.39. The summed E-state index contributed by atoms with van der Waals surface area (Å²) in [5.74, 6) is 0.822. The maximum Gasteiger partial charge on any atom is 0.338 e. The first-order chi connectivity index (χ1) is 19.8. The Morgan fingerprint density at radius 3 is 2.59 bits per heavy atom. The van der Waals surface area contributed by atoms with Gasteiger partial charge in [0.2, 0.25) is 0 Å². The Hall–Kier alpha value is -3.66. The predicted molar refractivity (Wildman–Crippen MR) is 163 cm³/mol. The van der Waals surface area contributed by atoms with Crippen LogP contribution in [0.15, 0.2) is 92.3 Å². The van der Waals surface area contributed by atoms with E-state index in [-0.39, 0.29) is 12.2 Å². The van der Waals surface area contributed by atoms with Crippen LogP contribution in [0.25, 0.3) is 6.08 Å². The smallest absolute Gasteiger partial charge is 0.338 e. The number of rotatable bonds is 8. The van der Waals surface area contributed by atoms with Crippen molar-refractivity contribution in [2.45, 2.75) is 26.5 Å². The second-order valence-corrected chi connectivity index (χ2v) is 11.4. The van der Waals surface area contributed by atoms with E-state index in [1.807, 2.05) is 54.6 Å². The molecule has 1 aromatic heterocycles. The Labute approximate surface area is 254 Å². The largest absolute Gasteiger partial charge is 0.497 e. The molecule has 41 heavy (non-hydrogen) atoms. The van der Waals surface area contributed by atoms with Crippen LogP contribution in [0.2, 0.25) is 5.02 Å². The van der Waals surface area contributed by atoms with Crippen molar-refractivity contribution >= 4 is 50.9 Å². The molecule has 0 N–H and O–H groups in total. The van der Waals surface area contributed by atoms with E-state index in [1.165, 1.54) is 11.3 Å². The Kier molecular flexibility index (Phi) is 8.77. The zero-order valence-corrected chi connectivity index (χ0v) is 25.7. The number of hydrogen-bond donors (Lipinski definition) is 0. The van der Waals surface area contributed by atoms with Crippen LogP contribution in [-0.4, -0.2) is 24.3 Å². The van der Waals surface area contributed by atoms with Crippen LogP contribution in [0.3, 0.4) is 0 Å². The average Bonchev–Trinajstić information content (AvgIpc) is 3.26. The molecule has 0 amide bonds. The van der Waals surface area contributed by atoms with E-state index in [4.69, 9.17) is 25.8 Å². The molecule has 4 aromatic rings. The predicted octanol–water partition coefficient (Wildman–Crippen LogP) is 5.80. The second kappa shape index (κ2) is 12.5. The lowest BCUT2D eigenvalue weighted by molar-refractivity contribution is -0.139. The van der Waals surface area contributed by atoms with E-state index < -0.39 is 12.0 Å². The van der Waals surface area contributed by atoms with Gasteiger partial charge in [-0.2, -0.15) is 0 Å². The molecule has 0 radical (unpaired) electrons. The minimum atomic E-state index is -0.689. The van der Waals surface area contributed by atoms with Gasteiger partial charge in [-0.25, -0.2) is 9.79 Å². The molecule has 0 fully saturated rings. The normalized spacial score (nSPS) is 14.9. The SMILES string of the molecule is CCOC(=O)C1=C(C)N=c2s/c(=C\c3ccc(OCc4ccccc4Cl)c(Br)c3)c(=O)n2[C@@H]1c1ccc(OC)cc1. The van der Waals surface area contributed by atoms with Crippen molar-refractivity contribution < 1.29 is 19.0 Å². The van der Waals surface area contributed by atoms with Crippen LogP contribution >= 0.6 is 38.9 Å². The molecule has 210 valence electrons. The minimum absolute atomic E-state index is 0.211. The third kappa shape index (κ3) is 6.02. The highest BCUT2D eigenvalue weighted by Gasteiger charge is 2.33. The van der Waals surface area contributed by atoms with Gasteiger partial charge in [-0.05, 0) is 77.3 Å². The van der Waals surface area contributed by atoms with Crippen molar-refractivity contribution in [3.8, 4) is 11.5 Å². The highest BCUT2D eigenvalue weighted by atomic mass is 79.9. The summed E-state index contributed by atoms with van der Waals surface area (Å²) < 4.78 is 19.4. The Morgan fingerprint density at radius 2 is 1.90 bits per heavy atom. The van der Waals surface area contributed by atoms with Crippen molar-refractivity contribution in [2.75, 3.05) is 13.7 Å². The Morgan fingerprint density at radius 1 is 1.15 bits per heavy atom. The number of aromatic nitrogens is 1. The van der Waals surface area contributed by atoms with Gasteiger partial charge in [0, 0.05) is 10.6 Å². The third-order valence-corrected chi connectivity index (χ3v) is 8.51. The number of hydrogen-bond acceptors (Lipinski definition) is 7. The van der Waals surface area contributed by atoms with E-state index >= 15 is 0 Å². The van der Waals surface area contributed by atoms with Gasteiger partial charge in [-0.3, -0.25) is 9.36 Å². The zero-order valence-electron chi connectivity index (χ0n) is 22.5. The van der Waals surface area contributed by atoms with Crippen molar-refractivity contribution in [1.29, 1.82) is 0 Å². The fourth-order valence-electron chi connectivity index (χ4n) is 4.54. The first-order valence-corrected chi connectivity index (χ1v) is 14.8. The Bertz CT molecular complexity index is 1830. The summed E-state index contributed by atoms with van der Waals surface area (Å²) in [5, 5.41) is 0.643. The summed E-state index contributed by atoms with van der Waals surface area (Å²) in [6.07, 6.45) is 1.81. The summed E-state index contributed by atoms with van der Waals surface area (Å²) in [6, 6.07) is 19.7. The lowest BCUT2D eigenvalue weighted by atomic mass is 9.96. The van der Waals surface area contributed by atoms with Crippen LogP contribution in [-0.2, 0) is 16.1 Å². The van der Waals surface area contributed by atoms with Crippen molar-refractivity contribution in [3.05, 3.63) is 124 Å². The van der Waals surface area contributed by atoms with E-state index in [9.17, 15) is 9.59 Å². The van der Waals surface area contributed by atoms with Gasteiger partial charge in [-0.15, -0.1) is 0 Å². The van der Waals surface area contributed by atoms with Gasteiger partial charge in [0.05, 0.1) is 40.0 Å². The average molecular weight is 654 g/mol. The summed E-state index contributed by atoms with van der Waals surface area (Å²) in [5.41, 5.74) is 3.03. The first kappa shape index (κ1) is 28.9. The molecule has 1 aliphatic rings. The maximum atomic E-state index is 13.8. The Balaban J connectivity index is 1.53. The number of ether oxygens (including phenoxy) is 3. The first-order valence-electron chi connectivity index (χ1n) is 12.8. The van der Waals surface area contributed by atoms with E-state index in [2.05, 4.69) is 20.9 Å². The molecule has 1 atom stereocenters. The highest BCUT2D eigenvalue weighted by Crippen LogP contribution is 2.32. The van der Waals surface area contributed by atoms with Crippen LogP contribution < -0.4 is 24.4 Å². The fourth-order valence-corrected chi connectivity index (χ4v) is 6.29. The number of nitrogens with zero attached hydrogens (tertiary/aromatic N) is 2. The van der Waals surface area contributed by atoms with Crippen LogP contribution in [0, 0.1) is 0 Å². The molecule has 5 rings (SSSR count). The highest BCUT2D eigenvalue weighted by molar-refractivity contribution is 9.10. The topological polar surface area (TPSA) is 79.1 Å². The number of thiazole rings is 1. The zero-order chi connectivity index (χ0) is 29.1. The van der Waals surface area contributed by atoms with Gasteiger partial charge >= 0.3 is 5.97 Å². The molecule has 2 heterocycles. The molecule has 0 aliphatic carbocycles. The quantitative estimate of drug-likeness (QED) is 0.225. The summed E-state index contributed by atoms with van der Waals surface area (Å²) in [6.45, 7) is 4.04. The monoisotopic (exact) mass is 652 g/mol. The van der Waals surface area contributed by atoms with E-state index in [0.29, 0.717) is 43.7 Å². The summed E-state index contributed by atoms with van der Waals surface area (Å²) in [4.78, 5) is 32.0. The number of carbonyl (C=O) groups excluding carboxylic acids is 1. The molecule has 7 nitrogen and oxygen atoms in total. The van der Waals surface area contributed by atoms with Gasteiger partial charge in [0.15, 0.2) is 4.80 Å². The number of carbonyl (C=O) groups is 1. The summed E-state index contributed by atoms with van der Waals surface area (Å²) in [7, 11) is 1.59. The third-order valence-electron chi connectivity index (χ3n) is 6.54. The lowest BCUT2D eigenvalue weighted by Gasteiger charge is -2.24. The van der Waals surface area contributed by atoms with Crippen LogP contribution in [0.4, 0.5) is 0 Å². The number of benzene rings is 3. The second-order valence-electron chi connectivity index (χ2n) is 9.15. The molecular weight excluding hydrogens is 628 g/mol. The van der Waals surface area contributed by atoms with Crippen molar-refractivity contribution in [2.24, 2.45) is 4.99 Å². The molecule has 0 bridgehead atoms. The van der Waals surface area contributed by atoms with Crippen LogP contribution in [0.1, 0.15) is 36.6 Å². The van der Waals surface area contributed by atoms with Crippen molar-refractivity contribution in [1.82, 2.24) is 4.57 Å². The van der Waals surface area contributed by atoms with Gasteiger partial charge in [0.25, 0.3) is 5.56 Å². The molecule has 3 aromatic carbocycles. The van der Waals surface area contributed by atoms with E-state index in [0.717, 1.165) is 21.2 Å². The maximum absolute atomic E-state index is 13.8. The molecule has 0 unspecified atom stereocenters. The summed E-state index contributed by atoms with van der Waals surface area (Å²) >= 11 is 11.1. The van der Waals surface area contributed by atoms with Crippen molar-refractivity contribution in [3.63, 3.8) is 0 Å². The van der Waals surface area contributed by atoms with Gasteiger partial charge in [0.1, 0.15) is 18.1 Å². The van der Waals surface area contributed by atoms with E-state index in [1.54, 1.807) is 43.7 Å². The minimum Gasteiger partial charge on any atom is -0.497 e. The molecule has 1 aliphatic heterocycles. The number of esters is 1.